The summed E-state index contributed by atoms with van der Waals surface area (Å²) in [4.78, 5) is 25.5. The molecule has 7 nitrogen and oxygen atoms in total. The predicted octanol–water partition coefficient (Wildman–Crippen LogP) is 2.99. The van der Waals surface area contributed by atoms with Gasteiger partial charge in [0.1, 0.15) is 0 Å². The van der Waals surface area contributed by atoms with Crippen molar-refractivity contribution in [2.75, 3.05) is 11.9 Å². The summed E-state index contributed by atoms with van der Waals surface area (Å²) in [5.74, 6) is 0.727. The zero-order valence-corrected chi connectivity index (χ0v) is 15.0. The van der Waals surface area contributed by atoms with E-state index in [0.717, 1.165) is 28.5 Å². The zero-order valence-electron chi connectivity index (χ0n) is 13.3. The summed E-state index contributed by atoms with van der Waals surface area (Å²) in [5.41, 5.74) is -0.105. The molecule has 3 heterocycles. The number of amides is 2. The van der Waals surface area contributed by atoms with E-state index in [4.69, 9.17) is 0 Å². The number of rotatable bonds is 6. The van der Waals surface area contributed by atoms with E-state index in [0.29, 0.717) is 13.1 Å². The van der Waals surface area contributed by atoms with E-state index in [1.807, 2.05) is 35.0 Å². The largest absolute Gasteiger partial charge is 0.346 e. The smallest absolute Gasteiger partial charge is 0.336 e. The predicted molar refractivity (Wildman–Crippen MR) is 99.4 cm³/mol. The second-order valence-electron chi connectivity index (χ2n) is 5.77. The highest BCUT2D eigenvalue weighted by molar-refractivity contribution is 7.14. The van der Waals surface area contributed by atoms with Crippen molar-refractivity contribution in [3.05, 3.63) is 45.5 Å². The van der Waals surface area contributed by atoms with E-state index in [1.165, 1.54) is 16.0 Å². The van der Waals surface area contributed by atoms with Crippen molar-refractivity contribution in [3.63, 3.8) is 0 Å². The first kappa shape index (κ1) is 16.1. The van der Waals surface area contributed by atoms with E-state index in [-0.39, 0.29) is 17.8 Å². The summed E-state index contributed by atoms with van der Waals surface area (Å²) < 4.78 is 3.23. The van der Waals surface area contributed by atoms with Crippen molar-refractivity contribution < 1.29 is 4.79 Å². The lowest BCUT2D eigenvalue weighted by Crippen LogP contribution is -2.34. The van der Waals surface area contributed by atoms with E-state index in [9.17, 15) is 9.59 Å². The van der Waals surface area contributed by atoms with Gasteiger partial charge in [-0.3, -0.25) is 9.88 Å². The molecule has 0 aromatic carbocycles. The van der Waals surface area contributed by atoms with Crippen LogP contribution in [0.5, 0.6) is 0 Å². The van der Waals surface area contributed by atoms with Crippen LogP contribution >= 0.6 is 22.7 Å². The van der Waals surface area contributed by atoms with Gasteiger partial charge in [0.15, 0.2) is 5.82 Å². The molecule has 25 heavy (non-hydrogen) atoms. The monoisotopic (exact) mass is 375 g/mol. The molecule has 3 aromatic rings. The maximum Gasteiger partial charge on any atom is 0.346 e. The van der Waals surface area contributed by atoms with Crippen LogP contribution in [0.4, 0.5) is 9.80 Å². The summed E-state index contributed by atoms with van der Waals surface area (Å²) in [5, 5.41) is 14.7. The van der Waals surface area contributed by atoms with Gasteiger partial charge in [-0.2, -0.15) is 0 Å². The first-order valence-electron chi connectivity index (χ1n) is 8.04. The Morgan fingerprint density at radius 3 is 2.72 bits per heavy atom. The van der Waals surface area contributed by atoms with Crippen LogP contribution in [0.1, 0.15) is 18.9 Å². The zero-order chi connectivity index (χ0) is 17.2. The summed E-state index contributed by atoms with van der Waals surface area (Å²) in [7, 11) is 0. The van der Waals surface area contributed by atoms with Gasteiger partial charge in [0.2, 0.25) is 0 Å². The summed E-state index contributed by atoms with van der Waals surface area (Å²) in [6.45, 7) is 0.678. The second kappa shape index (κ2) is 6.85. The fraction of sp³-hybridized carbons (Fsp3) is 0.312. The van der Waals surface area contributed by atoms with Crippen LogP contribution in [0.15, 0.2) is 39.8 Å². The van der Waals surface area contributed by atoms with Crippen molar-refractivity contribution in [1.82, 2.24) is 19.7 Å². The molecule has 0 aliphatic heterocycles. The second-order valence-corrected chi connectivity index (χ2v) is 7.66. The lowest BCUT2D eigenvalue weighted by atomic mass is 10.4. The number of hydrogen-bond donors (Lipinski definition) is 2. The van der Waals surface area contributed by atoms with Crippen molar-refractivity contribution in [2.24, 2.45) is 0 Å². The molecule has 0 saturated heterocycles. The molecule has 2 amide bonds. The number of anilines is 1. The minimum atomic E-state index is -0.282. The van der Waals surface area contributed by atoms with Crippen LogP contribution in [0.25, 0.3) is 10.7 Å². The highest BCUT2D eigenvalue weighted by atomic mass is 32.1. The highest BCUT2D eigenvalue weighted by Crippen LogP contribution is 2.37. The van der Waals surface area contributed by atoms with E-state index in [2.05, 4.69) is 15.7 Å². The van der Waals surface area contributed by atoms with Crippen LogP contribution in [-0.4, -0.2) is 26.9 Å². The average molecular weight is 375 g/mol. The Hall–Kier alpha value is -2.39. The molecule has 0 radical (unpaired) electrons. The Morgan fingerprint density at radius 1 is 1.24 bits per heavy atom. The fourth-order valence-electron chi connectivity index (χ4n) is 2.58. The van der Waals surface area contributed by atoms with Crippen LogP contribution < -0.4 is 16.3 Å². The average Bonchev–Trinajstić information content (AvgIpc) is 3.02. The number of aromatic nitrogens is 3. The standard InChI is InChI=1S/C16H17N5O2S2/c22-15(18-13-4-2-10-25-13)17-7-8-20-16(23)21(11-5-6-11)14(19-20)12-3-1-9-24-12/h1-4,9-11H,5-8H2,(H2,17,18,22). The number of carbonyl (C=O) groups is 1. The Bertz CT molecular complexity index is 907. The molecule has 4 rings (SSSR count). The Labute approximate surface area is 151 Å². The summed E-state index contributed by atoms with van der Waals surface area (Å²) in [6.07, 6.45) is 2.04. The van der Waals surface area contributed by atoms with Gasteiger partial charge in [0, 0.05) is 12.6 Å². The van der Waals surface area contributed by atoms with Crippen LogP contribution in [0.2, 0.25) is 0 Å². The topological polar surface area (TPSA) is 81.0 Å². The molecule has 3 aromatic heterocycles. The third-order valence-corrected chi connectivity index (χ3v) is 5.54. The maximum atomic E-state index is 12.6. The third-order valence-electron chi connectivity index (χ3n) is 3.89. The SMILES string of the molecule is O=C(NCCn1nc(-c2cccs2)n(C2CC2)c1=O)Nc1cccs1. The van der Waals surface area contributed by atoms with E-state index < -0.39 is 0 Å². The molecule has 1 aliphatic carbocycles. The number of nitrogens with one attached hydrogen (secondary N) is 2. The molecule has 1 aliphatic rings. The molecule has 0 unspecified atom stereocenters. The van der Waals surface area contributed by atoms with Gasteiger partial charge < -0.3 is 5.32 Å². The van der Waals surface area contributed by atoms with Crippen molar-refractivity contribution in [3.8, 4) is 10.7 Å². The minimum absolute atomic E-state index is 0.105. The third kappa shape index (κ3) is 3.52. The van der Waals surface area contributed by atoms with Crippen molar-refractivity contribution in [1.29, 1.82) is 0 Å². The van der Waals surface area contributed by atoms with Gasteiger partial charge >= 0.3 is 11.7 Å². The maximum absolute atomic E-state index is 12.6. The molecule has 0 bridgehead atoms. The van der Waals surface area contributed by atoms with Gasteiger partial charge in [-0.15, -0.1) is 27.8 Å². The lowest BCUT2D eigenvalue weighted by molar-refractivity contribution is 0.251. The fourth-order valence-corrected chi connectivity index (χ4v) is 3.90. The first-order valence-corrected chi connectivity index (χ1v) is 9.80. The molecular weight excluding hydrogens is 358 g/mol. The molecule has 2 N–H and O–H groups in total. The quantitative estimate of drug-likeness (QED) is 0.695. The van der Waals surface area contributed by atoms with E-state index in [1.54, 1.807) is 15.9 Å². The van der Waals surface area contributed by atoms with E-state index >= 15 is 0 Å². The summed E-state index contributed by atoms with van der Waals surface area (Å²) >= 11 is 3.03. The lowest BCUT2D eigenvalue weighted by Gasteiger charge is -2.05. The Balaban J connectivity index is 1.43. The van der Waals surface area contributed by atoms with Crippen LogP contribution in [0.3, 0.4) is 0 Å². The molecule has 1 saturated carbocycles. The normalized spacial score (nSPS) is 13.8. The van der Waals surface area contributed by atoms with Gasteiger partial charge in [-0.1, -0.05) is 6.07 Å². The molecule has 130 valence electrons. The number of urea groups is 1. The van der Waals surface area contributed by atoms with Gasteiger partial charge in [0.05, 0.1) is 16.4 Å². The number of hydrogen-bond acceptors (Lipinski definition) is 5. The van der Waals surface area contributed by atoms with Crippen molar-refractivity contribution in [2.45, 2.75) is 25.4 Å². The van der Waals surface area contributed by atoms with Gasteiger partial charge in [0.25, 0.3) is 0 Å². The van der Waals surface area contributed by atoms with Crippen LogP contribution in [-0.2, 0) is 6.54 Å². The summed E-state index contributed by atoms with van der Waals surface area (Å²) in [6, 6.07) is 7.61. The number of thiophene rings is 2. The highest BCUT2D eigenvalue weighted by Gasteiger charge is 2.30. The molecule has 1 fully saturated rings. The van der Waals surface area contributed by atoms with Crippen LogP contribution in [0, 0.1) is 0 Å². The minimum Gasteiger partial charge on any atom is -0.336 e. The molecule has 9 heteroatoms. The molecule has 0 atom stereocenters. The Morgan fingerprint density at radius 2 is 2.04 bits per heavy atom. The number of nitrogens with zero attached hydrogens (tertiary/aromatic N) is 3. The van der Waals surface area contributed by atoms with Gasteiger partial charge in [-0.25, -0.2) is 14.3 Å². The number of carbonyl (C=O) groups excluding carboxylic acids is 1. The van der Waals surface area contributed by atoms with Gasteiger partial charge in [-0.05, 0) is 41.8 Å². The first-order chi connectivity index (χ1) is 12.2. The molecule has 0 spiro atoms. The van der Waals surface area contributed by atoms with Crippen molar-refractivity contribution >= 4 is 33.7 Å². The Kier molecular flexibility index (Phi) is 4.41. The molecular formula is C16H17N5O2S2.